The highest BCUT2D eigenvalue weighted by Crippen LogP contribution is 2.30. The third-order valence-electron chi connectivity index (χ3n) is 3.00. The number of pyridine rings is 1. The molecule has 0 spiro atoms. The van der Waals surface area contributed by atoms with Crippen molar-refractivity contribution in [3.8, 4) is 0 Å². The molecule has 1 N–H and O–H groups in total. The minimum absolute atomic E-state index is 0.810. The molecule has 0 aliphatic heterocycles. The van der Waals surface area contributed by atoms with Gasteiger partial charge in [0, 0.05) is 23.1 Å². The van der Waals surface area contributed by atoms with Crippen molar-refractivity contribution >= 4 is 40.1 Å². The molecular weight excluding hydrogens is 240 g/mol. The highest BCUT2D eigenvalue weighted by molar-refractivity contribution is 7.80. The van der Waals surface area contributed by atoms with E-state index in [-0.39, 0.29) is 0 Å². The van der Waals surface area contributed by atoms with Gasteiger partial charge in [0.2, 0.25) is 0 Å². The van der Waals surface area contributed by atoms with Crippen molar-refractivity contribution in [2.24, 2.45) is 0 Å². The van der Waals surface area contributed by atoms with E-state index in [1.807, 2.05) is 36.4 Å². The molecule has 3 heteroatoms. The van der Waals surface area contributed by atoms with Crippen LogP contribution in [-0.2, 0) is 0 Å². The van der Waals surface area contributed by atoms with Gasteiger partial charge in [0.1, 0.15) is 0 Å². The Morgan fingerprint density at radius 1 is 0.889 bits per heavy atom. The standard InChI is InChI=1S/C15H14N2S/c18-10-9-16-15-11-5-1-3-7-13(11)17-14-8-4-2-6-12(14)15/h1-8,18H,9-10H2,(H,16,17). The van der Waals surface area contributed by atoms with Gasteiger partial charge in [-0.2, -0.15) is 12.6 Å². The smallest absolute Gasteiger partial charge is 0.0730 e. The van der Waals surface area contributed by atoms with Crippen LogP contribution >= 0.6 is 12.6 Å². The molecule has 2 aromatic carbocycles. The zero-order chi connectivity index (χ0) is 12.4. The predicted octanol–water partition coefficient (Wildman–Crippen LogP) is 3.73. The van der Waals surface area contributed by atoms with Crippen molar-refractivity contribution in [2.45, 2.75) is 0 Å². The van der Waals surface area contributed by atoms with Gasteiger partial charge in [-0.3, -0.25) is 0 Å². The van der Waals surface area contributed by atoms with Gasteiger partial charge in [0.25, 0.3) is 0 Å². The van der Waals surface area contributed by atoms with Crippen LogP contribution < -0.4 is 5.32 Å². The summed E-state index contributed by atoms with van der Waals surface area (Å²) < 4.78 is 0. The number of aromatic nitrogens is 1. The average Bonchev–Trinajstić information content (AvgIpc) is 2.43. The molecule has 0 amide bonds. The van der Waals surface area contributed by atoms with Crippen LogP contribution in [0.2, 0.25) is 0 Å². The molecule has 0 aliphatic carbocycles. The SMILES string of the molecule is SCCNc1c2ccccc2nc2ccccc12. The number of nitrogens with one attached hydrogen (secondary N) is 1. The molecule has 1 heterocycles. The number of hydrogen-bond donors (Lipinski definition) is 2. The van der Waals surface area contributed by atoms with Crippen LogP contribution in [0, 0.1) is 0 Å². The summed E-state index contributed by atoms with van der Waals surface area (Å²) in [6, 6.07) is 16.4. The highest BCUT2D eigenvalue weighted by Gasteiger charge is 2.07. The van der Waals surface area contributed by atoms with Crippen molar-refractivity contribution in [1.82, 2.24) is 4.98 Å². The van der Waals surface area contributed by atoms with E-state index in [0.29, 0.717) is 0 Å². The van der Waals surface area contributed by atoms with Crippen molar-refractivity contribution in [3.63, 3.8) is 0 Å². The van der Waals surface area contributed by atoms with Crippen LogP contribution in [0.3, 0.4) is 0 Å². The monoisotopic (exact) mass is 254 g/mol. The largest absolute Gasteiger partial charge is 0.383 e. The summed E-state index contributed by atoms with van der Waals surface area (Å²) in [6.45, 7) is 0.848. The molecule has 90 valence electrons. The first kappa shape index (κ1) is 11.4. The molecule has 18 heavy (non-hydrogen) atoms. The second-order valence-corrected chi connectivity index (χ2v) is 4.62. The van der Waals surface area contributed by atoms with Crippen LogP contribution in [-0.4, -0.2) is 17.3 Å². The van der Waals surface area contributed by atoms with Gasteiger partial charge in [-0.05, 0) is 12.1 Å². The normalized spacial score (nSPS) is 10.9. The lowest BCUT2D eigenvalue weighted by molar-refractivity contribution is 1.25. The fourth-order valence-corrected chi connectivity index (χ4v) is 2.32. The van der Waals surface area contributed by atoms with Crippen molar-refractivity contribution in [2.75, 3.05) is 17.6 Å². The fraction of sp³-hybridized carbons (Fsp3) is 0.133. The Morgan fingerprint density at radius 2 is 1.44 bits per heavy atom. The number of rotatable bonds is 3. The van der Waals surface area contributed by atoms with E-state index in [1.54, 1.807) is 0 Å². The maximum absolute atomic E-state index is 4.69. The van der Waals surface area contributed by atoms with Crippen LogP contribution in [0.1, 0.15) is 0 Å². The predicted molar refractivity (Wildman–Crippen MR) is 81.6 cm³/mol. The molecule has 0 saturated carbocycles. The Labute approximate surface area is 111 Å². The van der Waals surface area contributed by atoms with Gasteiger partial charge in [-0.15, -0.1) is 0 Å². The number of anilines is 1. The lowest BCUT2D eigenvalue weighted by Gasteiger charge is -2.12. The molecular formula is C15H14N2S. The number of benzene rings is 2. The van der Waals surface area contributed by atoms with Gasteiger partial charge in [0.05, 0.1) is 16.7 Å². The van der Waals surface area contributed by atoms with Gasteiger partial charge in [0.15, 0.2) is 0 Å². The fourth-order valence-electron chi connectivity index (χ4n) is 2.21. The minimum Gasteiger partial charge on any atom is -0.383 e. The molecule has 0 bridgehead atoms. The highest BCUT2D eigenvalue weighted by atomic mass is 32.1. The first-order chi connectivity index (χ1) is 8.90. The molecule has 0 radical (unpaired) electrons. The summed E-state index contributed by atoms with van der Waals surface area (Å²) in [7, 11) is 0. The summed E-state index contributed by atoms with van der Waals surface area (Å²) in [5, 5.41) is 5.79. The molecule has 3 aromatic rings. The Balaban J connectivity index is 2.34. The Kier molecular flexibility index (Phi) is 3.07. The molecule has 0 unspecified atom stereocenters. The zero-order valence-electron chi connectivity index (χ0n) is 9.93. The van der Waals surface area contributed by atoms with Crippen LogP contribution in [0.15, 0.2) is 48.5 Å². The van der Waals surface area contributed by atoms with Gasteiger partial charge in [-0.25, -0.2) is 4.98 Å². The van der Waals surface area contributed by atoms with E-state index in [4.69, 9.17) is 0 Å². The van der Waals surface area contributed by atoms with E-state index in [0.717, 1.165) is 39.8 Å². The summed E-state index contributed by atoms with van der Waals surface area (Å²) in [6.07, 6.45) is 0. The summed E-state index contributed by atoms with van der Waals surface area (Å²) in [5.74, 6) is 0.810. The Hall–Kier alpha value is -1.74. The molecule has 2 nitrogen and oxygen atoms in total. The van der Waals surface area contributed by atoms with Crippen molar-refractivity contribution in [3.05, 3.63) is 48.5 Å². The number of thiol groups is 1. The Bertz CT molecular complexity index is 640. The number of fused-ring (bicyclic) bond motifs is 2. The average molecular weight is 254 g/mol. The van der Waals surface area contributed by atoms with E-state index >= 15 is 0 Å². The molecule has 0 aliphatic rings. The van der Waals surface area contributed by atoms with E-state index in [9.17, 15) is 0 Å². The second-order valence-electron chi connectivity index (χ2n) is 4.17. The third kappa shape index (κ3) is 1.91. The number of para-hydroxylation sites is 2. The summed E-state index contributed by atoms with van der Waals surface area (Å²) >= 11 is 4.26. The van der Waals surface area contributed by atoms with Gasteiger partial charge >= 0.3 is 0 Å². The minimum atomic E-state index is 0.810. The first-order valence-electron chi connectivity index (χ1n) is 6.02. The summed E-state index contributed by atoms with van der Waals surface area (Å²) in [5.41, 5.74) is 3.21. The lowest BCUT2D eigenvalue weighted by atomic mass is 10.1. The maximum Gasteiger partial charge on any atom is 0.0730 e. The molecule has 3 rings (SSSR count). The molecule has 0 fully saturated rings. The van der Waals surface area contributed by atoms with Crippen LogP contribution in [0.4, 0.5) is 5.69 Å². The van der Waals surface area contributed by atoms with Crippen molar-refractivity contribution < 1.29 is 0 Å². The van der Waals surface area contributed by atoms with Gasteiger partial charge in [-0.1, -0.05) is 36.4 Å². The summed E-state index contributed by atoms with van der Waals surface area (Å²) in [4.78, 5) is 4.69. The molecule has 0 atom stereocenters. The quantitative estimate of drug-likeness (QED) is 0.550. The third-order valence-corrected chi connectivity index (χ3v) is 3.22. The second kappa shape index (κ2) is 4.86. The topological polar surface area (TPSA) is 24.9 Å². The molecule has 1 aromatic heterocycles. The van der Waals surface area contributed by atoms with Crippen LogP contribution in [0.5, 0.6) is 0 Å². The zero-order valence-corrected chi connectivity index (χ0v) is 10.8. The van der Waals surface area contributed by atoms with E-state index in [2.05, 4.69) is 35.1 Å². The van der Waals surface area contributed by atoms with Gasteiger partial charge < -0.3 is 5.32 Å². The number of hydrogen-bond acceptors (Lipinski definition) is 3. The van der Waals surface area contributed by atoms with Crippen molar-refractivity contribution in [1.29, 1.82) is 0 Å². The van der Waals surface area contributed by atoms with Crippen LogP contribution in [0.25, 0.3) is 21.8 Å². The number of nitrogens with zero attached hydrogens (tertiary/aromatic N) is 1. The molecule has 0 saturated heterocycles. The van der Waals surface area contributed by atoms with E-state index in [1.165, 1.54) is 0 Å². The lowest BCUT2D eigenvalue weighted by Crippen LogP contribution is -2.04. The maximum atomic E-state index is 4.69. The first-order valence-corrected chi connectivity index (χ1v) is 6.65. The Morgan fingerprint density at radius 3 is 2.00 bits per heavy atom. The van der Waals surface area contributed by atoms with E-state index < -0.39 is 0 Å².